The number of hydrogen-bond acceptors (Lipinski definition) is 4. The number of hydrogen-bond donors (Lipinski definition) is 1. The Bertz CT molecular complexity index is 1450. The molecule has 6 rings (SSSR count). The number of anilines is 1. The number of para-hydroxylation sites is 2. The molecule has 6 nitrogen and oxygen atoms in total. The van der Waals surface area contributed by atoms with Gasteiger partial charge < -0.3 is 24.3 Å². The molecule has 0 radical (unpaired) electrons. The number of benzene rings is 3. The second-order valence-electron chi connectivity index (χ2n) is 9.15. The average Bonchev–Trinajstić information content (AvgIpc) is 3.50. The first-order valence-electron chi connectivity index (χ1n) is 11.8. The summed E-state index contributed by atoms with van der Waals surface area (Å²) in [7, 11) is 4.01. The van der Waals surface area contributed by atoms with Crippen LogP contribution in [0.4, 0.5) is 5.69 Å². The predicted octanol–water partition coefficient (Wildman–Crippen LogP) is 5.15. The second-order valence-corrected chi connectivity index (χ2v) is 9.15. The van der Waals surface area contributed by atoms with Gasteiger partial charge in [-0.2, -0.15) is 0 Å². The zero-order chi connectivity index (χ0) is 23.9. The van der Waals surface area contributed by atoms with E-state index in [9.17, 15) is 4.79 Å². The summed E-state index contributed by atoms with van der Waals surface area (Å²) in [6.07, 6.45) is 4.40. The van der Waals surface area contributed by atoms with Crippen LogP contribution >= 0.6 is 0 Å². The van der Waals surface area contributed by atoms with Crippen molar-refractivity contribution in [3.05, 3.63) is 95.2 Å². The molecule has 0 saturated heterocycles. The Morgan fingerprint density at radius 2 is 1.83 bits per heavy atom. The number of aromatic nitrogens is 1. The van der Waals surface area contributed by atoms with E-state index in [4.69, 9.17) is 9.47 Å². The van der Waals surface area contributed by atoms with E-state index >= 15 is 0 Å². The van der Waals surface area contributed by atoms with Gasteiger partial charge >= 0.3 is 0 Å². The molecular formula is C29H27N3O3. The van der Waals surface area contributed by atoms with E-state index in [1.807, 2.05) is 67.5 Å². The normalized spacial score (nSPS) is 16.6. The van der Waals surface area contributed by atoms with Gasteiger partial charge in [0, 0.05) is 49.0 Å². The Morgan fingerprint density at radius 3 is 2.71 bits per heavy atom. The molecule has 4 aromatic rings. The molecule has 1 unspecified atom stereocenters. The topological polar surface area (TPSA) is 57.8 Å². The van der Waals surface area contributed by atoms with Crippen molar-refractivity contribution in [1.29, 1.82) is 0 Å². The van der Waals surface area contributed by atoms with Gasteiger partial charge in [0.15, 0.2) is 11.5 Å². The second kappa shape index (κ2) is 8.55. The van der Waals surface area contributed by atoms with Crippen molar-refractivity contribution < 1.29 is 14.3 Å². The highest BCUT2D eigenvalue weighted by Crippen LogP contribution is 2.42. The highest BCUT2D eigenvalue weighted by molar-refractivity contribution is 5.94. The third kappa shape index (κ3) is 3.71. The lowest BCUT2D eigenvalue weighted by molar-refractivity contribution is -0.128. The van der Waals surface area contributed by atoms with Gasteiger partial charge in [-0.3, -0.25) is 4.79 Å². The predicted molar refractivity (Wildman–Crippen MR) is 138 cm³/mol. The van der Waals surface area contributed by atoms with Crippen LogP contribution in [-0.4, -0.2) is 43.2 Å². The molecule has 1 N–H and O–H groups in total. The zero-order valence-corrected chi connectivity index (χ0v) is 19.8. The van der Waals surface area contributed by atoms with E-state index in [1.54, 1.807) is 6.08 Å². The van der Waals surface area contributed by atoms with Crippen LogP contribution in [-0.2, 0) is 11.2 Å². The first-order chi connectivity index (χ1) is 17.1. The third-order valence-corrected chi connectivity index (χ3v) is 6.85. The van der Waals surface area contributed by atoms with Gasteiger partial charge in [0.25, 0.3) is 0 Å². The van der Waals surface area contributed by atoms with Gasteiger partial charge in [-0.25, -0.2) is 0 Å². The molecule has 2 aliphatic rings. The number of ether oxygens (including phenoxy) is 2. The van der Waals surface area contributed by atoms with Crippen LogP contribution in [0.25, 0.3) is 17.0 Å². The van der Waals surface area contributed by atoms with Gasteiger partial charge in [-0.15, -0.1) is 0 Å². The number of nitrogens with one attached hydrogen (secondary N) is 1. The fraction of sp³-hybridized carbons (Fsp3) is 0.207. The maximum absolute atomic E-state index is 13.7. The molecule has 176 valence electrons. The zero-order valence-electron chi connectivity index (χ0n) is 19.8. The van der Waals surface area contributed by atoms with E-state index in [2.05, 4.69) is 34.1 Å². The van der Waals surface area contributed by atoms with Crippen LogP contribution in [0, 0.1) is 0 Å². The highest BCUT2D eigenvalue weighted by atomic mass is 16.7. The Morgan fingerprint density at radius 1 is 1.03 bits per heavy atom. The molecule has 1 atom stereocenters. The smallest absolute Gasteiger partial charge is 0.247 e. The minimum absolute atomic E-state index is 0.0227. The molecule has 0 aliphatic carbocycles. The first kappa shape index (κ1) is 21.4. The Labute approximate surface area is 204 Å². The van der Waals surface area contributed by atoms with Crippen molar-refractivity contribution >= 4 is 28.6 Å². The molecule has 2 aliphatic heterocycles. The summed E-state index contributed by atoms with van der Waals surface area (Å²) < 4.78 is 11.2. The Balaban J connectivity index is 1.41. The largest absolute Gasteiger partial charge is 0.454 e. The molecular weight excluding hydrogens is 438 g/mol. The number of rotatable bonds is 4. The molecule has 35 heavy (non-hydrogen) atoms. The van der Waals surface area contributed by atoms with E-state index in [1.165, 1.54) is 10.9 Å². The van der Waals surface area contributed by atoms with Crippen molar-refractivity contribution in [2.75, 3.05) is 32.3 Å². The van der Waals surface area contributed by atoms with E-state index in [0.29, 0.717) is 12.3 Å². The lowest BCUT2D eigenvalue weighted by Gasteiger charge is -2.35. The monoisotopic (exact) mass is 465 g/mol. The maximum atomic E-state index is 13.7. The number of nitrogens with zero attached hydrogens (tertiary/aromatic N) is 2. The van der Waals surface area contributed by atoms with Crippen molar-refractivity contribution in [1.82, 2.24) is 9.88 Å². The van der Waals surface area contributed by atoms with E-state index < -0.39 is 0 Å². The summed E-state index contributed by atoms with van der Waals surface area (Å²) in [5.74, 6) is 1.43. The maximum Gasteiger partial charge on any atom is 0.247 e. The molecule has 0 fully saturated rings. The number of H-pyrrole nitrogens is 1. The third-order valence-electron chi connectivity index (χ3n) is 6.85. The van der Waals surface area contributed by atoms with Gasteiger partial charge in [0.2, 0.25) is 12.7 Å². The van der Waals surface area contributed by atoms with Crippen molar-refractivity contribution in [2.24, 2.45) is 0 Å². The summed E-state index contributed by atoms with van der Waals surface area (Å²) in [6, 6.07) is 22.1. The van der Waals surface area contributed by atoms with Gasteiger partial charge in [-0.05, 0) is 53.5 Å². The lowest BCUT2D eigenvalue weighted by Crippen LogP contribution is -2.39. The molecule has 6 heteroatoms. The molecule has 0 saturated carbocycles. The van der Waals surface area contributed by atoms with Gasteiger partial charge in [0.1, 0.15) is 0 Å². The number of aromatic amines is 1. The Hall–Kier alpha value is -4.19. The van der Waals surface area contributed by atoms with Crippen LogP contribution in [0.3, 0.4) is 0 Å². The van der Waals surface area contributed by atoms with Gasteiger partial charge in [-0.1, -0.05) is 42.5 Å². The molecule has 3 heterocycles. The fourth-order valence-electron chi connectivity index (χ4n) is 5.20. The Kier molecular flexibility index (Phi) is 5.21. The highest BCUT2D eigenvalue weighted by Gasteiger charge is 2.34. The minimum Gasteiger partial charge on any atom is -0.454 e. The lowest BCUT2D eigenvalue weighted by atomic mass is 9.92. The van der Waals surface area contributed by atoms with Crippen molar-refractivity contribution in [2.45, 2.75) is 12.5 Å². The van der Waals surface area contributed by atoms with Crippen molar-refractivity contribution in [3.63, 3.8) is 0 Å². The van der Waals surface area contributed by atoms with Crippen LogP contribution in [0.2, 0.25) is 0 Å². The van der Waals surface area contributed by atoms with Crippen molar-refractivity contribution in [3.8, 4) is 11.5 Å². The standard InChI is InChI=1S/C29H27N3O3/c1-31(2)24-10-6-3-7-19(24)12-14-27(33)32-16-15-22-21-8-4-5-9-23(21)30-28(22)29(32)20-11-13-25-26(17-20)35-18-34-25/h3-14,17,29-30H,15-16,18H2,1-2H3. The molecule has 0 spiro atoms. The molecule has 1 amide bonds. The summed E-state index contributed by atoms with van der Waals surface area (Å²) in [6.45, 7) is 0.851. The van der Waals surface area contributed by atoms with E-state index in [0.717, 1.165) is 40.2 Å². The average molecular weight is 466 g/mol. The SMILES string of the molecule is CN(C)c1ccccc1C=CC(=O)N1CCc2c([nH]c3ccccc23)C1c1ccc2c(c1)OCO2. The molecule has 3 aromatic carbocycles. The van der Waals surface area contributed by atoms with Crippen LogP contribution in [0.15, 0.2) is 72.8 Å². The minimum atomic E-state index is -0.248. The molecule has 1 aromatic heterocycles. The summed E-state index contributed by atoms with van der Waals surface area (Å²) in [5.41, 5.74) is 6.50. The summed E-state index contributed by atoms with van der Waals surface area (Å²) in [4.78, 5) is 21.3. The quantitative estimate of drug-likeness (QED) is 0.424. The van der Waals surface area contributed by atoms with Crippen LogP contribution in [0.1, 0.15) is 28.4 Å². The summed E-state index contributed by atoms with van der Waals surface area (Å²) in [5, 5.41) is 1.22. The number of amides is 1. The number of fused-ring (bicyclic) bond motifs is 4. The summed E-state index contributed by atoms with van der Waals surface area (Å²) >= 11 is 0. The number of carbonyl (C=O) groups excluding carboxylic acids is 1. The van der Waals surface area contributed by atoms with Crippen LogP contribution in [0.5, 0.6) is 11.5 Å². The fourth-order valence-corrected chi connectivity index (χ4v) is 5.20. The van der Waals surface area contributed by atoms with Crippen LogP contribution < -0.4 is 14.4 Å². The number of carbonyl (C=O) groups is 1. The first-order valence-corrected chi connectivity index (χ1v) is 11.8. The molecule has 0 bridgehead atoms. The van der Waals surface area contributed by atoms with Gasteiger partial charge in [0.05, 0.1) is 6.04 Å². The van der Waals surface area contributed by atoms with E-state index in [-0.39, 0.29) is 18.7 Å².